The third-order valence-corrected chi connectivity index (χ3v) is 10.4. The van der Waals surface area contributed by atoms with E-state index in [9.17, 15) is 9.59 Å². The van der Waals surface area contributed by atoms with Gasteiger partial charge < -0.3 is 36.0 Å². The Balaban J connectivity index is 5.91. The minimum atomic E-state index is -3.06. The average molecular weight is 481 g/mol. The Hall–Kier alpha value is -1.39. The Morgan fingerprint density at radius 3 is 1.65 bits per heavy atom. The van der Waals surface area contributed by atoms with Crippen LogP contribution in [0, 0.1) is 0 Å². The average Bonchev–Trinajstić information content (AvgIpc) is 2.78. The Bertz CT molecular complexity index is 588. The quantitative estimate of drug-likeness (QED) is 0.133. The molecule has 0 fully saturated rings. The summed E-state index contributed by atoms with van der Waals surface area (Å²) in [6, 6.07) is 0.613. The molecule has 1 atom stereocenters. The first kappa shape index (κ1) is 29.6. The SMILES string of the molecule is C=CC(=O)OC(CCC[Si](OC)(OC)OC)(CC[Si](OC)(OC)OC)OC(=O)C(=C)C. The molecule has 0 radical (unpaired) electrons. The topological polar surface area (TPSA) is 108 Å². The number of hydrogen-bond acceptors (Lipinski definition) is 10. The van der Waals surface area contributed by atoms with Crippen LogP contribution in [0.15, 0.2) is 24.8 Å². The van der Waals surface area contributed by atoms with Gasteiger partial charge in [0.05, 0.1) is 0 Å². The fourth-order valence-corrected chi connectivity index (χ4v) is 6.38. The fraction of sp³-hybridized carbons (Fsp3) is 0.684. The van der Waals surface area contributed by atoms with Gasteiger partial charge in [0.15, 0.2) is 0 Å². The van der Waals surface area contributed by atoms with Crippen molar-refractivity contribution in [3.63, 3.8) is 0 Å². The van der Waals surface area contributed by atoms with E-state index in [1.54, 1.807) is 0 Å². The molecule has 0 spiro atoms. The maximum atomic E-state index is 12.4. The molecule has 10 nitrogen and oxygen atoms in total. The third kappa shape index (κ3) is 8.94. The van der Waals surface area contributed by atoms with Crippen molar-refractivity contribution < 1.29 is 45.6 Å². The van der Waals surface area contributed by atoms with E-state index in [-0.39, 0.29) is 24.5 Å². The fourth-order valence-electron chi connectivity index (χ4n) is 2.86. The number of ether oxygens (including phenoxy) is 2. The lowest BCUT2D eigenvalue weighted by molar-refractivity contribution is -0.227. The predicted octanol–water partition coefficient (Wildman–Crippen LogP) is 2.46. The Labute approximate surface area is 187 Å². The monoisotopic (exact) mass is 480 g/mol. The van der Waals surface area contributed by atoms with E-state index in [0.29, 0.717) is 12.5 Å². The molecular weight excluding hydrogens is 444 g/mol. The van der Waals surface area contributed by atoms with Gasteiger partial charge in [0.25, 0.3) is 5.79 Å². The van der Waals surface area contributed by atoms with E-state index in [1.807, 2.05) is 0 Å². The van der Waals surface area contributed by atoms with Crippen molar-refractivity contribution in [1.82, 2.24) is 0 Å². The first-order valence-corrected chi connectivity index (χ1v) is 13.5. The maximum absolute atomic E-state index is 12.4. The van der Waals surface area contributed by atoms with Crippen LogP contribution in [-0.4, -0.2) is 78.0 Å². The second kappa shape index (κ2) is 13.9. The predicted molar refractivity (Wildman–Crippen MR) is 117 cm³/mol. The molecule has 12 heteroatoms. The Morgan fingerprint density at radius 1 is 0.806 bits per heavy atom. The van der Waals surface area contributed by atoms with Crippen LogP contribution in [-0.2, 0) is 45.6 Å². The van der Waals surface area contributed by atoms with E-state index in [4.69, 9.17) is 36.0 Å². The van der Waals surface area contributed by atoms with Crippen LogP contribution < -0.4 is 0 Å². The Kier molecular flexibility index (Phi) is 13.3. The first-order valence-electron chi connectivity index (χ1n) is 9.61. The largest absolute Gasteiger partial charge is 0.500 e. The van der Waals surface area contributed by atoms with Gasteiger partial charge in [-0.05, 0) is 13.3 Å². The number of hydrogen-bond donors (Lipinski definition) is 0. The lowest BCUT2D eigenvalue weighted by Gasteiger charge is -2.35. The van der Waals surface area contributed by atoms with Crippen LogP contribution in [0.3, 0.4) is 0 Å². The summed E-state index contributed by atoms with van der Waals surface area (Å²) in [5, 5.41) is 0. The summed E-state index contributed by atoms with van der Waals surface area (Å²) in [6.07, 6.45) is 1.60. The lowest BCUT2D eigenvalue weighted by atomic mass is 10.1. The molecule has 0 aromatic rings. The molecule has 31 heavy (non-hydrogen) atoms. The van der Waals surface area contributed by atoms with Gasteiger partial charge in [-0.3, -0.25) is 0 Å². The summed E-state index contributed by atoms with van der Waals surface area (Å²) in [6.45, 7) is 8.53. The van der Waals surface area contributed by atoms with Gasteiger partial charge in [-0.25, -0.2) is 9.59 Å². The van der Waals surface area contributed by atoms with E-state index >= 15 is 0 Å². The van der Waals surface area contributed by atoms with Crippen LogP contribution >= 0.6 is 0 Å². The highest BCUT2D eigenvalue weighted by Crippen LogP contribution is 2.33. The van der Waals surface area contributed by atoms with Crippen molar-refractivity contribution in [3.8, 4) is 0 Å². The molecule has 0 aromatic carbocycles. The number of rotatable bonds is 17. The summed E-state index contributed by atoms with van der Waals surface area (Å²) in [5.41, 5.74) is 0.155. The summed E-state index contributed by atoms with van der Waals surface area (Å²) in [7, 11) is 2.95. The van der Waals surface area contributed by atoms with Crippen molar-refractivity contribution in [1.29, 1.82) is 0 Å². The summed E-state index contributed by atoms with van der Waals surface area (Å²) in [4.78, 5) is 24.5. The van der Waals surface area contributed by atoms with Gasteiger partial charge in [0.2, 0.25) is 0 Å². The molecule has 0 heterocycles. The van der Waals surface area contributed by atoms with Crippen LogP contribution in [0.1, 0.15) is 26.2 Å². The molecule has 0 amide bonds. The highest BCUT2D eigenvalue weighted by atomic mass is 28.4. The summed E-state index contributed by atoms with van der Waals surface area (Å²) < 4.78 is 43.8. The molecule has 0 aliphatic rings. The zero-order valence-electron chi connectivity index (χ0n) is 19.6. The normalized spacial score (nSPS) is 13.9. The maximum Gasteiger partial charge on any atom is 0.500 e. The zero-order chi connectivity index (χ0) is 24.1. The van der Waals surface area contributed by atoms with Gasteiger partial charge in [0, 0.05) is 79.2 Å². The van der Waals surface area contributed by atoms with Gasteiger partial charge in [-0.1, -0.05) is 13.2 Å². The van der Waals surface area contributed by atoms with Crippen molar-refractivity contribution in [3.05, 3.63) is 24.8 Å². The smallest absolute Gasteiger partial charge is 0.419 e. The number of esters is 2. The molecule has 0 aliphatic carbocycles. The standard InChI is InChI=1S/C19H36O10Si2/c1-10-17(20)28-19(29-18(21)16(2)3,13-15-31(25-7,26-8)27-9)12-11-14-30(22-4,23-5)24-6/h10H,1-2,11-15H2,3-9H3. The van der Waals surface area contributed by atoms with Gasteiger partial charge >= 0.3 is 29.5 Å². The molecule has 0 rings (SSSR count). The van der Waals surface area contributed by atoms with Crippen LogP contribution in [0.2, 0.25) is 12.1 Å². The molecule has 180 valence electrons. The molecule has 0 bridgehead atoms. The van der Waals surface area contributed by atoms with Crippen molar-refractivity contribution in [2.75, 3.05) is 42.7 Å². The molecule has 0 aliphatic heterocycles. The number of carbonyl (C=O) groups is 2. The molecule has 0 saturated heterocycles. The molecule has 1 unspecified atom stereocenters. The minimum absolute atomic E-state index is 0.0643. The van der Waals surface area contributed by atoms with Crippen LogP contribution in [0.5, 0.6) is 0 Å². The second-order valence-corrected chi connectivity index (χ2v) is 12.8. The van der Waals surface area contributed by atoms with E-state index in [1.165, 1.54) is 49.6 Å². The van der Waals surface area contributed by atoms with E-state index in [2.05, 4.69) is 13.2 Å². The lowest BCUT2D eigenvalue weighted by Crippen LogP contribution is -2.48. The van der Waals surface area contributed by atoms with Crippen molar-refractivity contribution in [2.45, 2.75) is 44.1 Å². The van der Waals surface area contributed by atoms with Gasteiger partial charge in [-0.2, -0.15) is 0 Å². The Morgan fingerprint density at radius 2 is 1.26 bits per heavy atom. The molecular formula is C19H36O10Si2. The van der Waals surface area contributed by atoms with E-state index in [0.717, 1.165) is 6.08 Å². The van der Waals surface area contributed by atoms with Crippen LogP contribution in [0.25, 0.3) is 0 Å². The van der Waals surface area contributed by atoms with Gasteiger partial charge in [0.1, 0.15) is 0 Å². The highest BCUT2D eigenvalue weighted by molar-refractivity contribution is 6.60. The molecule has 0 saturated carbocycles. The van der Waals surface area contributed by atoms with Crippen molar-refractivity contribution >= 4 is 29.5 Å². The highest BCUT2D eigenvalue weighted by Gasteiger charge is 2.47. The minimum Gasteiger partial charge on any atom is -0.419 e. The van der Waals surface area contributed by atoms with Crippen LogP contribution in [0.4, 0.5) is 0 Å². The zero-order valence-corrected chi connectivity index (χ0v) is 21.6. The first-order chi connectivity index (χ1) is 14.6. The summed E-state index contributed by atoms with van der Waals surface area (Å²) >= 11 is 0. The third-order valence-electron chi connectivity index (χ3n) is 4.80. The van der Waals surface area contributed by atoms with Gasteiger partial charge in [-0.15, -0.1) is 0 Å². The van der Waals surface area contributed by atoms with E-state index < -0.39 is 35.3 Å². The van der Waals surface area contributed by atoms with Crippen molar-refractivity contribution in [2.24, 2.45) is 0 Å². The second-order valence-electron chi connectivity index (χ2n) is 6.65. The molecule has 0 N–H and O–H groups in total. The number of carbonyl (C=O) groups excluding carboxylic acids is 2. The molecule has 0 aromatic heterocycles. The summed E-state index contributed by atoms with van der Waals surface area (Å²) in [5.74, 6) is -3.09.